The van der Waals surface area contributed by atoms with Crippen molar-refractivity contribution in [2.75, 3.05) is 33.0 Å². The van der Waals surface area contributed by atoms with Gasteiger partial charge in [0.2, 0.25) is 0 Å². The van der Waals surface area contributed by atoms with Gasteiger partial charge in [0, 0.05) is 19.1 Å². The van der Waals surface area contributed by atoms with E-state index in [1.807, 2.05) is 29.7 Å². The third-order valence-corrected chi connectivity index (χ3v) is 4.78. The van der Waals surface area contributed by atoms with E-state index in [-0.39, 0.29) is 19.1 Å². The fourth-order valence-corrected chi connectivity index (χ4v) is 3.09. The normalized spacial score (nSPS) is 14.3. The first-order chi connectivity index (χ1) is 14.6. The van der Waals surface area contributed by atoms with E-state index in [4.69, 9.17) is 14.6 Å². The van der Waals surface area contributed by atoms with Gasteiger partial charge in [0.1, 0.15) is 18.3 Å². The Bertz CT molecular complexity index is 739. The predicted molar refractivity (Wildman–Crippen MR) is 115 cm³/mol. The van der Waals surface area contributed by atoms with Crippen molar-refractivity contribution in [1.29, 1.82) is 0 Å². The van der Waals surface area contributed by atoms with Crippen LogP contribution in [0.25, 0.3) is 0 Å². The van der Waals surface area contributed by atoms with Crippen LogP contribution >= 0.6 is 0 Å². The van der Waals surface area contributed by atoms with Crippen LogP contribution in [0, 0.1) is 6.92 Å². The Labute approximate surface area is 178 Å². The van der Waals surface area contributed by atoms with Crippen LogP contribution in [-0.2, 0) is 16.0 Å². The van der Waals surface area contributed by atoms with E-state index in [1.54, 1.807) is 0 Å². The van der Waals surface area contributed by atoms with Crippen molar-refractivity contribution in [3.63, 3.8) is 0 Å². The van der Waals surface area contributed by atoms with E-state index in [0.29, 0.717) is 26.3 Å². The van der Waals surface area contributed by atoms with Gasteiger partial charge >= 0.3 is 6.09 Å². The van der Waals surface area contributed by atoms with Gasteiger partial charge in [-0.05, 0) is 38.2 Å². The molecule has 1 amide bonds. The smallest absolute Gasteiger partial charge is 0.407 e. The highest BCUT2D eigenvalue weighted by molar-refractivity contribution is 5.66. The van der Waals surface area contributed by atoms with Crippen molar-refractivity contribution < 1.29 is 19.4 Å². The first kappa shape index (κ1) is 23.8. The minimum absolute atomic E-state index is 0.0732. The van der Waals surface area contributed by atoms with Gasteiger partial charge in [-0.25, -0.2) is 4.79 Å². The highest BCUT2D eigenvalue weighted by Gasteiger charge is 2.17. The Morgan fingerprint density at radius 3 is 2.97 bits per heavy atom. The molecule has 1 unspecified atom stereocenters. The molecule has 0 bridgehead atoms. The van der Waals surface area contributed by atoms with Crippen LogP contribution in [0.3, 0.4) is 0 Å². The summed E-state index contributed by atoms with van der Waals surface area (Å²) in [6, 6.07) is 0. The van der Waals surface area contributed by atoms with Crippen LogP contribution in [0.5, 0.6) is 0 Å². The van der Waals surface area contributed by atoms with Crippen LogP contribution in [0.2, 0.25) is 0 Å². The highest BCUT2D eigenvalue weighted by Crippen LogP contribution is 2.16. The number of aryl methyl sites for hydroxylation is 1. The lowest BCUT2D eigenvalue weighted by Gasteiger charge is -2.15. The molecule has 1 aromatic rings. The number of unbranched alkanes of at least 4 members (excludes halogenated alkanes) is 2. The lowest BCUT2D eigenvalue weighted by molar-refractivity contribution is 0.134. The molecule has 0 saturated carbocycles. The third kappa shape index (κ3) is 8.51. The molecule has 1 aliphatic carbocycles. The molecule has 8 nitrogen and oxygen atoms in total. The summed E-state index contributed by atoms with van der Waals surface area (Å²) in [6.45, 7) is 6.55. The Hall–Kier alpha value is -2.45. The minimum atomic E-state index is -0.428. The zero-order valence-electron chi connectivity index (χ0n) is 18.0. The lowest BCUT2D eigenvalue weighted by atomic mass is 10.1. The number of aliphatic hydroxyl groups is 1. The summed E-state index contributed by atoms with van der Waals surface area (Å²) in [5.41, 5.74) is 1.24. The monoisotopic (exact) mass is 418 g/mol. The summed E-state index contributed by atoms with van der Waals surface area (Å²) in [5, 5.41) is 19.9. The number of amides is 1. The number of alkyl carbamates (subject to hydrolysis) is 1. The largest absolute Gasteiger partial charge is 0.448 e. The van der Waals surface area contributed by atoms with E-state index < -0.39 is 6.09 Å². The fourth-order valence-electron chi connectivity index (χ4n) is 3.09. The van der Waals surface area contributed by atoms with E-state index in [2.05, 4.69) is 34.6 Å². The second-order valence-electron chi connectivity index (χ2n) is 7.36. The van der Waals surface area contributed by atoms with Crippen LogP contribution in [0.1, 0.15) is 50.2 Å². The maximum atomic E-state index is 11.8. The number of nitrogens with one attached hydrogen (secondary N) is 1. The van der Waals surface area contributed by atoms with Crippen molar-refractivity contribution in [2.24, 2.45) is 0 Å². The third-order valence-electron chi connectivity index (χ3n) is 4.78. The van der Waals surface area contributed by atoms with Crippen molar-refractivity contribution in [1.82, 2.24) is 20.1 Å². The molecular weight excluding hydrogens is 384 g/mol. The molecule has 2 N–H and O–H groups in total. The number of aliphatic hydroxyl groups excluding tert-OH is 1. The molecule has 0 radical (unpaired) electrons. The van der Waals surface area contributed by atoms with Gasteiger partial charge in [-0.15, -0.1) is 10.2 Å². The minimum Gasteiger partial charge on any atom is -0.448 e. The highest BCUT2D eigenvalue weighted by atomic mass is 16.5. The van der Waals surface area contributed by atoms with Gasteiger partial charge in [0.25, 0.3) is 0 Å². The van der Waals surface area contributed by atoms with E-state index in [1.165, 1.54) is 5.57 Å². The summed E-state index contributed by atoms with van der Waals surface area (Å²) < 4.78 is 13.1. The first-order valence-electron chi connectivity index (χ1n) is 10.6. The topological polar surface area (TPSA) is 98.5 Å². The van der Waals surface area contributed by atoms with Crippen molar-refractivity contribution in [2.45, 2.75) is 52.0 Å². The lowest BCUT2D eigenvalue weighted by Crippen LogP contribution is -2.27. The second-order valence-corrected chi connectivity index (χ2v) is 7.36. The Kier molecular flexibility index (Phi) is 10.9. The molecule has 30 heavy (non-hydrogen) atoms. The molecule has 0 saturated heterocycles. The average molecular weight is 419 g/mol. The molecule has 1 aromatic heterocycles. The van der Waals surface area contributed by atoms with Crippen molar-refractivity contribution in [3.05, 3.63) is 47.6 Å². The number of nitrogens with zero attached hydrogens (tertiary/aromatic N) is 3. The number of allylic oxidation sites excluding steroid dienone is 5. The summed E-state index contributed by atoms with van der Waals surface area (Å²) in [5.74, 6) is 1.69. The van der Waals surface area contributed by atoms with Gasteiger partial charge in [0.15, 0.2) is 0 Å². The fraction of sp³-hybridized carbons (Fsp3) is 0.591. The number of aromatic nitrogens is 3. The van der Waals surface area contributed by atoms with Crippen LogP contribution in [0.15, 0.2) is 36.0 Å². The molecular formula is C22H34N4O4. The number of hydrogen-bond acceptors (Lipinski definition) is 6. The zero-order valence-corrected chi connectivity index (χ0v) is 18.0. The molecule has 2 rings (SSSR count). The summed E-state index contributed by atoms with van der Waals surface area (Å²) in [7, 11) is 0. The number of carbonyl (C=O) groups is 1. The molecule has 0 aromatic carbocycles. The van der Waals surface area contributed by atoms with Gasteiger partial charge in [-0.3, -0.25) is 0 Å². The van der Waals surface area contributed by atoms with Gasteiger partial charge < -0.3 is 24.5 Å². The van der Waals surface area contributed by atoms with Crippen LogP contribution < -0.4 is 5.32 Å². The summed E-state index contributed by atoms with van der Waals surface area (Å²) in [6.07, 6.45) is 13.2. The number of carbonyl (C=O) groups excluding carboxylic acids is 1. The second kappa shape index (κ2) is 13.7. The molecule has 8 heteroatoms. The quantitative estimate of drug-likeness (QED) is 0.478. The Morgan fingerprint density at radius 1 is 1.27 bits per heavy atom. The molecule has 0 fully saturated rings. The molecule has 0 aliphatic heterocycles. The van der Waals surface area contributed by atoms with E-state index >= 15 is 0 Å². The zero-order chi connectivity index (χ0) is 21.6. The van der Waals surface area contributed by atoms with E-state index in [9.17, 15) is 4.79 Å². The Morgan fingerprint density at radius 2 is 2.13 bits per heavy atom. The van der Waals surface area contributed by atoms with Crippen LogP contribution in [0.4, 0.5) is 4.79 Å². The van der Waals surface area contributed by atoms with E-state index in [0.717, 1.165) is 37.3 Å². The molecule has 0 spiro atoms. The van der Waals surface area contributed by atoms with Gasteiger partial charge in [0.05, 0.1) is 19.8 Å². The SMILES string of the molecule is Cc1nnc(C(C)COCC2=CC=CC=CC2)n1CCOC(=O)NCCCCCO. The average Bonchev–Trinajstić information content (AvgIpc) is 2.92. The van der Waals surface area contributed by atoms with Crippen molar-refractivity contribution >= 4 is 6.09 Å². The van der Waals surface area contributed by atoms with Gasteiger partial charge in [-0.1, -0.05) is 37.3 Å². The molecule has 166 valence electrons. The molecule has 1 atom stereocenters. The number of hydrogen-bond donors (Lipinski definition) is 2. The predicted octanol–water partition coefficient (Wildman–Crippen LogP) is 3.04. The summed E-state index contributed by atoms with van der Waals surface area (Å²) in [4.78, 5) is 11.8. The first-order valence-corrected chi connectivity index (χ1v) is 10.6. The Balaban J connectivity index is 1.72. The summed E-state index contributed by atoms with van der Waals surface area (Å²) >= 11 is 0. The van der Waals surface area contributed by atoms with Crippen LogP contribution in [-0.4, -0.2) is 58.9 Å². The maximum Gasteiger partial charge on any atom is 0.407 e. The number of ether oxygens (including phenoxy) is 2. The standard InChI is InChI=1S/C22H34N4O4/c1-18(16-29-17-20-10-6-3-4-7-11-20)21-25-24-19(2)26(21)13-15-30-22(28)23-12-8-5-9-14-27/h3-4,6-7,10,18,27H,5,8-9,11-17H2,1-2H3,(H,23,28). The molecule has 1 aliphatic rings. The maximum absolute atomic E-state index is 11.8. The van der Waals surface area contributed by atoms with Crippen molar-refractivity contribution in [3.8, 4) is 0 Å². The molecule has 1 heterocycles. The number of rotatable bonds is 13. The van der Waals surface area contributed by atoms with Gasteiger partial charge in [-0.2, -0.15) is 0 Å².